The standard InChI is InChI=1S/C18H27NO/c1-13-4-2-6-15(9-8-13)19-18-7-3-5-14-12-16(20)10-11-17(14)18/h10-13,15,18-20H,2-9H2,1H3. The summed E-state index contributed by atoms with van der Waals surface area (Å²) in [5, 5.41) is 13.6. The van der Waals surface area contributed by atoms with E-state index in [2.05, 4.69) is 18.3 Å². The number of nitrogens with one attached hydrogen (secondary N) is 1. The maximum Gasteiger partial charge on any atom is 0.115 e. The molecular formula is C18H27NO. The van der Waals surface area contributed by atoms with Gasteiger partial charge in [0.25, 0.3) is 0 Å². The predicted octanol–water partition coefficient (Wildman–Crippen LogP) is 4.33. The molecular weight excluding hydrogens is 246 g/mol. The predicted molar refractivity (Wildman–Crippen MR) is 83.0 cm³/mol. The van der Waals surface area contributed by atoms with Crippen LogP contribution in [0.2, 0.25) is 0 Å². The lowest BCUT2D eigenvalue weighted by molar-refractivity contribution is 0.364. The number of hydrogen-bond donors (Lipinski definition) is 2. The molecule has 1 aromatic rings. The van der Waals surface area contributed by atoms with Crippen molar-refractivity contribution in [2.45, 2.75) is 70.4 Å². The molecule has 0 aliphatic heterocycles. The Kier molecular flexibility index (Phi) is 4.30. The van der Waals surface area contributed by atoms with Crippen molar-refractivity contribution in [3.63, 3.8) is 0 Å². The SMILES string of the molecule is CC1CCCC(NC2CCCc3cc(O)ccc32)CC1. The Morgan fingerprint density at radius 1 is 1.05 bits per heavy atom. The average molecular weight is 273 g/mol. The molecule has 110 valence electrons. The van der Waals surface area contributed by atoms with Gasteiger partial charge in [-0.05, 0) is 67.7 Å². The molecule has 3 atom stereocenters. The molecule has 1 fully saturated rings. The molecule has 0 radical (unpaired) electrons. The largest absolute Gasteiger partial charge is 0.508 e. The minimum absolute atomic E-state index is 0.410. The van der Waals surface area contributed by atoms with E-state index in [1.165, 1.54) is 56.1 Å². The Morgan fingerprint density at radius 2 is 1.95 bits per heavy atom. The third kappa shape index (κ3) is 3.17. The molecule has 20 heavy (non-hydrogen) atoms. The van der Waals surface area contributed by atoms with Crippen LogP contribution in [0, 0.1) is 5.92 Å². The van der Waals surface area contributed by atoms with Gasteiger partial charge in [0.2, 0.25) is 0 Å². The summed E-state index contributed by atoms with van der Waals surface area (Å²) in [6.45, 7) is 2.39. The summed E-state index contributed by atoms with van der Waals surface area (Å²) in [6.07, 6.45) is 10.4. The highest BCUT2D eigenvalue weighted by Gasteiger charge is 2.24. The Labute approximate surface area is 122 Å². The summed E-state index contributed by atoms with van der Waals surface area (Å²) in [7, 11) is 0. The number of benzene rings is 1. The molecule has 1 saturated carbocycles. The summed E-state index contributed by atoms with van der Waals surface area (Å²) < 4.78 is 0. The van der Waals surface area contributed by atoms with E-state index >= 15 is 0 Å². The fourth-order valence-electron chi connectivity index (χ4n) is 3.91. The highest BCUT2D eigenvalue weighted by Crippen LogP contribution is 2.33. The van der Waals surface area contributed by atoms with Crippen LogP contribution in [0.4, 0.5) is 0 Å². The first-order valence-corrected chi connectivity index (χ1v) is 8.30. The van der Waals surface area contributed by atoms with Crippen molar-refractivity contribution >= 4 is 0 Å². The minimum atomic E-state index is 0.410. The van der Waals surface area contributed by atoms with Gasteiger partial charge in [-0.1, -0.05) is 25.8 Å². The van der Waals surface area contributed by atoms with Crippen LogP contribution in [0.1, 0.15) is 69.0 Å². The number of phenols is 1. The van der Waals surface area contributed by atoms with Gasteiger partial charge in [-0.25, -0.2) is 0 Å². The second-order valence-corrected chi connectivity index (χ2v) is 6.80. The average Bonchev–Trinajstić information content (AvgIpc) is 2.64. The van der Waals surface area contributed by atoms with E-state index in [9.17, 15) is 5.11 Å². The number of fused-ring (bicyclic) bond motifs is 1. The fraction of sp³-hybridized carbons (Fsp3) is 0.667. The van der Waals surface area contributed by atoms with Crippen molar-refractivity contribution in [3.05, 3.63) is 29.3 Å². The molecule has 1 aromatic carbocycles. The van der Waals surface area contributed by atoms with Gasteiger partial charge < -0.3 is 10.4 Å². The van der Waals surface area contributed by atoms with E-state index in [4.69, 9.17) is 0 Å². The van der Waals surface area contributed by atoms with Gasteiger partial charge in [0.1, 0.15) is 5.75 Å². The summed E-state index contributed by atoms with van der Waals surface area (Å²) in [4.78, 5) is 0. The van der Waals surface area contributed by atoms with E-state index < -0.39 is 0 Å². The van der Waals surface area contributed by atoms with Crippen molar-refractivity contribution in [2.24, 2.45) is 5.92 Å². The van der Waals surface area contributed by atoms with Crippen molar-refractivity contribution in [3.8, 4) is 5.75 Å². The van der Waals surface area contributed by atoms with Gasteiger partial charge in [-0.2, -0.15) is 0 Å². The Morgan fingerprint density at radius 3 is 2.85 bits per heavy atom. The van der Waals surface area contributed by atoms with Crippen LogP contribution in [0.15, 0.2) is 18.2 Å². The van der Waals surface area contributed by atoms with Crippen molar-refractivity contribution < 1.29 is 5.11 Å². The van der Waals surface area contributed by atoms with Gasteiger partial charge >= 0.3 is 0 Å². The molecule has 2 aliphatic rings. The number of aryl methyl sites for hydroxylation is 1. The van der Waals surface area contributed by atoms with E-state index in [0.29, 0.717) is 17.8 Å². The highest BCUT2D eigenvalue weighted by molar-refractivity contribution is 5.38. The monoisotopic (exact) mass is 273 g/mol. The van der Waals surface area contributed by atoms with Crippen LogP contribution in [-0.2, 0) is 6.42 Å². The van der Waals surface area contributed by atoms with Crippen LogP contribution in [-0.4, -0.2) is 11.1 Å². The minimum Gasteiger partial charge on any atom is -0.508 e. The molecule has 3 rings (SSSR count). The normalized spacial score (nSPS) is 30.6. The van der Waals surface area contributed by atoms with Gasteiger partial charge in [0, 0.05) is 12.1 Å². The van der Waals surface area contributed by atoms with Gasteiger partial charge in [-0.15, -0.1) is 0 Å². The second kappa shape index (κ2) is 6.17. The zero-order valence-corrected chi connectivity index (χ0v) is 12.6. The number of hydrogen-bond acceptors (Lipinski definition) is 2. The molecule has 0 heterocycles. The molecule has 3 unspecified atom stereocenters. The third-order valence-corrected chi connectivity index (χ3v) is 5.14. The van der Waals surface area contributed by atoms with Crippen LogP contribution in [0.5, 0.6) is 5.75 Å². The first kappa shape index (κ1) is 13.9. The molecule has 0 saturated heterocycles. The lowest BCUT2D eigenvalue weighted by atomic mass is 9.86. The van der Waals surface area contributed by atoms with E-state index in [0.717, 1.165) is 12.3 Å². The number of phenolic OH excluding ortho intramolecular Hbond substituents is 1. The van der Waals surface area contributed by atoms with E-state index in [1.807, 2.05) is 12.1 Å². The highest BCUT2D eigenvalue weighted by atomic mass is 16.3. The molecule has 0 aromatic heterocycles. The molecule has 2 N–H and O–H groups in total. The topological polar surface area (TPSA) is 32.3 Å². The fourth-order valence-corrected chi connectivity index (χ4v) is 3.91. The van der Waals surface area contributed by atoms with Gasteiger partial charge in [0.15, 0.2) is 0 Å². The van der Waals surface area contributed by atoms with E-state index in [-0.39, 0.29) is 0 Å². The molecule has 0 amide bonds. The van der Waals surface area contributed by atoms with Crippen LogP contribution in [0.25, 0.3) is 0 Å². The lowest BCUT2D eigenvalue weighted by Gasteiger charge is -2.30. The zero-order chi connectivity index (χ0) is 13.9. The number of rotatable bonds is 2. The zero-order valence-electron chi connectivity index (χ0n) is 12.6. The van der Waals surface area contributed by atoms with Crippen molar-refractivity contribution in [2.75, 3.05) is 0 Å². The van der Waals surface area contributed by atoms with E-state index in [1.54, 1.807) is 0 Å². The smallest absolute Gasteiger partial charge is 0.115 e. The van der Waals surface area contributed by atoms with Crippen molar-refractivity contribution in [1.29, 1.82) is 0 Å². The Hall–Kier alpha value is -1.02. The van der Waals surface area contributed by atoms with Gasteiger partial charge in [0.05, 0.1) is 0 Å². The second-order valence-electron chi connectivity index (χ2n) is 6.80. The third-order valence-electron chi connectivity index (χ3n) is 5.14. The number of aromatic hydroxyl groups is 1. The molecule has 2 heteroatoms. The summed E-state index contributed by atoms with van der Waals surface area (Å²) in [5.74, 6) is 1.31. The maximum absolute atomic E-state index is 9.64. The quantitative estimate of drug-likeness (QED) is 0.786. The van der Waals surface area contributed by atoms with Crippen LogP contribution < -0.4 is 5.32 Å². The summed E-state index contributed by atoms with van der Waals surface area (Å²) >= 11 is 0. The maximum atomic E-state index is 9.64. The molecule has 0 bridgehead atoms. The summed E-state index contributed by atoms with van der Waals surface area (Å²) in [5.41, 5.74) is 2.77. The Bertz CT molecular complexity index is 457. The molecule has 2 aliphatic carbocycles. The molecule has 0 spiro atoms. The lowest BCUT2D eigenvalue weighted by Crippen LogP contribution is -2.34. The van der Waals surface area contributed by atoms with Gasteiger partial charge in [-0.3, -0.25) is 0 Å². The summed E-state index contributed by atoms with van der Waals surface area (Å²) in [6, 6.07) is 7.11. The first-order chi connectivity index (χ1) is 9.72. The van der Waals surface area contributed by atoms with Crippen LogP contribution in [0.3, 0.4) is 0 Å². The van der Waals surface area contributed by atoms with Crippen LogP contribution >= 0.6 is 0 Å². The first-order valence-electron chi connectivity index (χ1n) is 8.30. The van der Waals surface area contributed by atoms with Crippen molar-refractivity contribution in [1.82, 2.24) is 5.32 Å². The Balaban J connectivity index is 1.69. The molecule has 2 nitrogen and oxygen atoms in total.